The third-order valence-corrected chi connectivity index (χ3v) is 1.69. The van der Waals surface area contributed by atoms with E-state index in [1.807, 2.05) is 22.4 Å². The normalized spacial score (nSPS) is 12.2. The van der Waals surface area contributed by atoms with Gasteiger partial charge in [-0.25, -0.2) is 0 Å². The Balaban J connectivity index is 3.72. The molecule has 0 bridgehead atoms. The monoisotopic (exact) mass is 255 g/mol. The van der Waals surface area contributed by atoms with Crippen molar-refractivity contribution in [2.45, 2.75) is 12.5 Å². The molecule has 0 radical (unpaired) electrons. The Morgan fingerprint density at radius 3 is 2.50 bits per heavy atom. The van der Waals surface area contributed by atoms with Crippen LogP contribution in [0.4, 0.5) is 0 Å². The Kier molecular flexibility index (Phi) is 4.62. The van der Waals surface area contributed by atoms with Gasteiger partial charge in [0.05, 0.1) is 12.5 Å². The number of aliphatic carboxylic acids is 1. The summed E-state index contributed by atoms with van der Waals surface area (Å²) >= 11 is 1.85. The lowest BCUT2D eigenvalue weighted by molar-refractivity contribution is -0.138. The van der Waals surface area contributed by atoms with Crippen LogP contribution in [0.15, 0.2) is 0 Å². The van der Waals surface area contributed by atoms with Gasteiger partial charge in [0.25, 0.3) is 5.14 Å². The van der Waals surface area contributed by atoms with E-state index in [4.69, 9.17) is 10.8 Å². The van der Waals surface area contributed by atoms with Gasteiger partial charge < -0.3 is 15.6 Å². The molecule has 0 aromatic heterocycles. The quantitative estimate of drug-likeness (QED) is 0.504. The van der Waals surface area contributed by atoms with Gasteiger partial charge in [0.15, 0.2) is 0 Å². The van der Waals surface area contributed by atoms with E-state index < -0.39 is 12.0 Å². The fraction of sp³-hybridized carbons (Fsp3) is 0.500. The maximum absolute atomic E-state index is 10.7. The highest BCUT2D eigenvalue weighted by molar-refractivity contribution is 14.1. The highest BCUT2D eigenvalue weighted by atomic mass is 127. The van der Waals surface area contributed by atoms with E-state index in [1.54, 1.807) is 0 Å². The number of carboxylic acid groups (broad SMARTS) is 1. The Morgan fingerprint density at radius 1 is 1.70 bits per heavy atom. The molecule has 0 heterocycles. The van der Waals surface area contributed by atoms with Crippen LogP contribution in [0.2, 0.25) is 0 Å². The predicted octanol–water partition coefficient (Wildman–Crippen LogP) is -0.899. The molecule has 0 unspecified atom stereocenters. The minimum Gasteiger partial charge on any atom is -0.481 e. The first-order valence-electron chi connectivity index (χ1n) is 2.64. The van der Waals surface area contributed by atoms with Crippen molar-refractivity contribution in [3.63, 3.8) is 0 Å². The molecule has 0 aliphatic heterocycles. The van der Waals surface area contributed by atoms with Crippen molar-refractivity contribution in [3.8, 4) is 0 Å². The fourth-order valence-electron chi connectivity index (χ4n) is 0.401. The predicted molar refractivity (Wildman–Crippen MR) is 46.4 cm³/mol. The first-order chi connectivity index (χ1) is 4.57. The van der Waals surface area contributed by atoms with E-state index in [-0.39, 0.29) is 17.2 Å². The number of hydrogen-bond acceptors (Lipinski definition) is 3. The van der Waals surface area contributed by atoms with Crippen molar-refractivity contribution < 1.29 is 14.7 Å². The van der Waals surface area contributed by atoms with Crippen molar-refractivity contribution in [1.82, 2.24) is 0 Å². The Bertz CT molecular complexity index is 151. The highest BCUT2D eigenvalue weighted by Gasteiger charge is 2.15. The number of carbonyl (C=O) groups is 2. The van der Waals surface area contributed by atoms with Crippen LogP contribution in [0.25, 0.3) is 0 Å². The molecule has 4 nitrogen and oxygen atoms in total. The van der Waals surface area contributed by atoms with Crippen LogP contribution in [-0.4, -0.2) is 27.9 Å². The van der Waals surface area contributed by atoms with Crippen molar-refractivity contribution in [2.24, 2.45) is 5.73 Å². The van der Waals surface area contributed by atoms with Crippen molar-refractivity contribution >= 4 is 39.2 Å². The van der Waals surface area contributed by atoms with Gasteiger partial charge in [-0.3, -0.25) is 4.79 Å². The molecular formula is C4H7BINO3. The van der Waals surface area contributed by atoms with Crippen LogP contribution in [0.5, 0.6) is 0 Å². The van der Waals surface area contributed by atoms with E-state index in [2.05, 4.69) is 0 Å². The zero-order chi connectivity index (χ0) is 8.15. The third-order valence-electron chi connectivity index (χ3n) is 0.940. The van der Waals surface area contributed by atoms with Crippen LogP contribution in [-0.2, 0) is 9.59 Å². The standard InChI is InChI=1S/C4H7BINO3/c6-5-4(10)2(7)1-3(8)9/h2,5H,1,7H2,(H,8,9)/t2-/m0/s1. The van der Waals surface area contributed by atoms with Gasteiger partial charge in [-0.15, -0.1) is 22.4 Å². The fourth-order valence-corrected chi connectivity index (χ4v) is 0.967. The van der Waals surface area contributed by atoms with Crippen LogP contribution < -0.4 is 5.73 Å². The summed E-state index contributed by atoms with van der Waals surface area (Å²) in [6.45, 7) is 0. The van der Waals surface area contributed by atoms with Gasteiger partial charge in [-0.05, 0) is 0 Å². The summed E-state index contributed by atoms with van der Waals surface area (Å²) in [4.78, 5) is 20.6. The first kappa shape index (κ1) is 9.89. The second kappa shape index (κ2) is 4.67. The minimum atomic E-state index is -1.04. The summed E-state index contributed by atoms with van der Waals surface area (Å²) in [5.74, 6) is -1.04. The molecule has 6 heteroatoms. The zero-order valence-electron chi connectivity index (χ0n) is 5.21. The molecule has 3 N–H and O–H groups in total. The number of carbonyl (C=O) groups excluding carboxylic acids is 1. The van der Waals surface area contributed by atoms with E-state index >= 15 is 0 Å². The molecule has 0 amide bonds. The molecule has 0 aromatic carbocycles. The van der Waals surface area contributed by atoms with E-state index in [9.17, 15) is 9.59 Å². The summed E-state index contributed by atoms with van der Waals surface area (Å²) in [5.41, 5.74) is 4.97. The minimum absolute atomic E-state index is 0.219. The van der Waals surface area contributed by atoms with Gasteiger partial charge in [-0.1, -0.05) is 0 Å². The number of rotatable bonds is 4. The lowest BCUT2D eigenvalue weighted by Crippen LogP contribution is -2.34. The molecule has 0 spiro atoms. The van der Waals surface area contributed by atoms with Gasteiger partial charge >= 0.3 is 5.97 Å². The Hall–Kier alpha value is -0.105. The zero-order valence-corrected chi connectivity index (χ0v) is 7.37. The van der Waals surface area contributed by atoms with Gasteiger partial charge in [0.2, 0.25) is 0 Å². The van der Waals surface area contributed by atoms with Crippen LogP contribution in [0, 0.1) is 0 Å². The Morgan fingerprint density at radius 2 is 2.20 bits per heavy atom. The molecule has 1 atom stereocenters. The lowest BCUT2D eigenvalue weighted by Gasteiger charge is -2.02. The second-order valence-electron chi connectivity index (χ2n) is 1.80. The average Bonchev–Trinajstić information content (AvgIpc) is 1.85. The van der Waals surface area contributed by atoms with Gasteiger partial charge in [-0.2, -0.15) is 0 Å². The molecule has 0 saturated heterocycles. The highest BCUT2D eigenvalue weighted by Crippen LogP contribution is 1.91. The molecule has 0 rings (SSSR count). The van der Waals surface area contributed by atoms with E-state index in [0.717, 1.165) is 0 Å². The van der Waals surface area contributed by atoms with Crippen LogP contribution in [0.1, 0.15) is 6.42 Å². The topological polar surface area (TPSA) is 80.4 Å². The molecular weight excluding hydrogens is 248 g/mol. The lowest BCUT2D eigenvalue weighted by atomic mass is 9.93. The molecule has 0 saturated carbocycles. The summed E-state index contributed by atoms with van der Waals surface area (Å²) in [6.07, 6.45) is -0.276. The third kappa shape index (κ3) is 3.83. The molecule has 0 fully saturated rings. The average molecular weight is 255 g/mol. The molecule has 0 aliphatic carbocycles. The maximum Gasteiger partial charge on any atom is 0.305 e. The number of halogens is 1. The van der Waals surface area contributed by atoms with Gasteiger partial charge in [0.1, 0.15) is 5.68 Å². The van der Waals surface area contributed by atoms with Crippen molar-refractivity contribution in [1.29, 1.82) is 0 Å². The van der Waals surface area contributed by atoms with E-state index in [1.165, 1.54) is 0 Å². The number of nitrogens with two attached hydrogens (primary N) is 1. The van der Waals surface area contributed by atoms with Crippen LogP contribution in [0.3, 0.4) is 0 Å². The summed E-state index contributed by atoms with van der Waals surface area (Å²) in [6, 6.07) is -0.839. The van der Waals surface area contributed by atoms with Crippen molar-refractivity contribution in [3.05, 3.63) is 0 Å². The Labute approximate surface area is 72.3 Å². The molecule has 56 valence electrons. The van der Waals surface area contributed by atoms with Crippen molar-refractivity contribution in [2.75, 3.05) is 0 Å². The second-order valence-corrected chi connectivity index (χ2v) is 2.57. The van der Waals surface area contributed by atoms with E-state index in [0.29, 0.717) is 0 Å². The maximum atomic E-state index is 10.7. The number of hydrogen-bond donors (Lipinski definition) is 2. The molecule has 10 heavy (non-hydrogen) atoms. The van der Waals surface area contributed by atoms with Crippen LogP contribution >= 0.6 is 22.4 Å². The molecule has 0 aromatic rings. The summed E-state index contributed by atoms with van der Waals surface area (Å²) in [7, 11) is 0. The number of carboxylic acids is 1. The summed E-state index contributed by atoms with van der Waals surface area (Å²) < 4.78 is 0. The molecule has 0 aliphatic rings. The smallest absolute Gasteiger partial charge is 0.305 e. The first-order valence-corrected chi connectivity index (χ1v) is 4.16. The largest absolute Gasteiger partial charge is 0.481 e. The van der Waals surface area contributed by atoms with Gasteiger partial charge in [0, 0.05) is 0 Å². The summed E-state index contributed by atoms with van der Waals surface area (Å²) in [5, 5.41) is 8.46. The SMILES string of the molecule is N[C@@H](CC(=O)O)C(=O)BI.